The lowest BCUT2D eigenvalue weighted by Crippen LogP contribution is -2.32. The van der Waals surface area contributed by atoms with Crippen LogP contribution in [0.1, 0.15) is 36.0 Å². The number of allylic oxidation sites excluding steroid dienone is 1. The molecule has 0 N–H and O–H groups in total. The van der Waals surface area contributed by atoms with E-state index in [1.54, 1.807) is 0 Å². The van der Waals surface area contributed by atoms with Crippen molar-refractivity contribution in [3.05, 3.63) is 94.8 Å². The minimum absolute atomic E-state index is 0.118. The Bertz CT molecular complexity index is 1040. The number of halogens is 2. The standard InChI is InChI=1S/C28H30ClFO2/c1-2-3-4-22-18-31-27(32-19-22)16-9-21-8-15-26-24(17-21)12-11-23(28(26)30)10-5-20-6-13-25(29)14-7-20/h2,6-8,11-15,17,22,27H,1,3-5,9-10,16,18-19H2. The molecule has 168 valence electrons. The second-order valence-electron chi connectivity index (χ2n) is 8.59. The first-order chi connectivity index (χ1) is 15.6. The van der Waals surface area contributed by atoms with Crippen LogP contribution < -0.4 is 0 Å². The molecule has 0 amide bonds. The van der Waals surface area contributed by atoms with Gasteiger partial charge in [0.2, 0.25) is 0 Å². The van der Waals surface area contributed by atoms with Gasteiger partial charge in [0.25, 0.3) is 0 Å². The van der Waals surface area contributed by atoms with Crippen molar-refractivity contribution in [3.63, 3.8) is 0 Å². The van der Waals surface area contributed by atoms with Crippen molar-refractivity contribution in [2.75, 3.05) is 13.2 Å². The van der Waals surface area contributed by atoms with E-state index in [0.717, 1.165) is 66.9 Å². The van der Waals surface area contributed by atoms with E-state index in [1.165, 1.54) is 5.56 Å². The van der Waals surface area contributed by atoms with Crippen molar-refractivity contribution in [3.8, 4) is 0 Å². The maximum absolute atomic E-state index is 15.1. The number of ether oxygens (including phenoxy) is 2. The number of hydrogen-bond acceptors (Lipinski definition) is 2. The van der Waals surface area contributed by atoms with Gasteiger partial charge in [0.15, 0.2) is 6.29 Å². The van der Waals surface area contributed by atoms with Crippen LogP contribution in [-0.2, 0) is 28.7 Å². The smallest absolute Gasteiger partial charge is 0.157 e. The Balaban J connectivity index is 1.33. The molecule has 0 unspecified atom stereocenters. The number of hydrogen-bond donors (Lipinski definition) is 0. The Morgan fingerprint density at radius 1 is 0.906 bits per heavy atom. The van der Waals surface area contributed by atoms with E-state index in [0.29, 0.717) is 17.7 Å². The Morgan fingerprint density at radius 3 is 2.41 bits per heavy atom. The highest BCUT2D eigenvalue weighted by Crippen LogP contribution is 2.25. The molecule has 0 spiro atoms. The highest BCUT2D eigenvalue weighted by atomic mass is 35.5. The monoisotopic (exact) mass is 452 g/mol. The molecule has 0 aromatic heterocycles. The van der Waals surface area contributed by atoms with Crippen LogP contribution in [0.25, 0.3) is 10.8 Å². The summed E-state index contributed by atoms with van der Waals surface area (Å²) in [7, 11) is 0. The van der Waals surface area contributed by atoms with Crippen molar-refractivity contribution < 1.29 is 13.9 Å². The van der Waals surface area contributed by atoms with Gasteiger partial charge in [-0.1, -0.05) is 60.1 Å². The molecule has 2 nitrogen and oxygen atoms in total. The zero-order valence-electron chi connectivity index (χ0n) is 18.4. The molecule has 1 aliphatic rings. The molecule has 1 heterocycles. The van der Waals surface area contributed by atoms with Crippen LogP contribution in [0, 0.1) is 11.7 Å². The molecule has 4 rings (SSSR count). The van der Waals surface area contributed by atoms with Crippen molar-refractivity contribution in [2.24, 2.45) is 5.92 Å². The van der Waals surface area contributed by atoms with Crippen LogP contribution in [0.15, 0.2) is 67.3 Å². The Morgan fingerprint density at radius 2 is 1.66 bits per heavy atom. The van der Waals surface area contributed by atoms with E-state index < -0.39 is 0 Å². The first-order valence-corrected chi connectivity index (χ1v) is 11.8. The lowest BCUT2D eigenvalue weighted by atomic mass is 9.98. The van der Waals surface area contributed by atoms with Gasteiger partial charge in [-0.15, -0.1) is 6.58 Å². The lowest BCUT2D eigenvalue weighted by molar-refractivity contribution is -0.203. The molecule has 1 fully saturated rings. The minimum Gasteiger partial charge on any atom is -0.352 e. The summed E-state index contributed by atoms with van der Waals surface area (Å²) in [5.41, 5.74) is 3.07. The third-order valence-electron chi connectivity index (χ3n) is 6.18. The molecule has 0 radical (unpaired) electrons. The van der Waals surface area contributed by atoms with Gasteiger partial charge in [-0.3, -0.25) is 0 Å². The maximum Gasteiger partial charge on any atom is 0.157 e. The summed E-state index contributed by atoms with van der Waals surface area (Å²) in [6, 6.07) is 17.7. The topological polar surface area (TPSA) is 18.5 Å². The van der Waals surface area contributed by atoms with Gasteiger partial charge in [-0.05, 0) is 66.3 Å². The number of fused-ring (bicyclic) bond motifs is 1. The molecular formula is C28H30ClFO2. The summed E-state index contributed by atoms with van der Waals surface area (Å²) in [5, 5.41) is 2.33. The fraction of sp³-hybridized carbons (Fsp3) is 0.357. The molecule has 0 atom stereocenters. The Kier molecular flexibility index (Phi) is 7.96. The van der Waals surface area contributed by atoms with Crippen LogP contribution in [0.3, 0.4) is 0 Å². The third kappa shape index (κ3) is 5.98. The summed E-state index contributed by atoms with van der Waals surface area (Å²) >= 11 is 5.94. The third-order valence-corrected chi connectivity index (χ3v) is 6.43. The summed E-state index contributed by atoms with van der Waals surface area (Å²) in [5.74, 6) is 0.342. The molecule has 1 saturated heterocycles. The van der Waals surface area contributed by atoms with E-state index in [4.69, 9.17) is 21.1 Å². The van der Waals surface area contributed by atoms with Crippen LogP contribution in [0.5, 0.6) is 0 Å². The second kappa shape index (κ2) is 11.1. The number of rotatable bonds is 9. The summed E-state index contributed by atoms with van der Waals surface area (Å²) in [4.78, 5) is 0. The van der Waals surface area contributed by atoms with Gasteiger partial charge in [0.05, 0.1) is 13.2 Å². The van der Waals surface area contributed by atoms with Crippen molar-refractivity contribution in [1.29, 1.82) is 0 Å². The predicted octanol–water partition coefficient (Wildman–Crippen LogP) is 7.31. The fourth-order valence-corrected chi connectivity index (χ4v) is 4.35. The van der Waals surface area contributed by atoms with Crippen LogP contribution >= 0.6 is 11.6 Å². The van der Waals surface area contributed by atoms with Crippen molar-refractivity contribution >= 4 is 22.4 Å². The molecule has 3 aromatic rings. The quantitative estimate of drug-likeness (QED) is 0.317. The summed E-state index contributed by atoms with van der Waals surface area (Å²) in [6.45, 7) is 5.27. The second-order valence-corrected chi connectivity index (χ2v) is 9.02. The molecule has 4 heteroatoms. The number of aryl methyl sites for hydroxylation is 3. The van der Waals surface area contributed by atoms with E-state index in [9.17, 15) is 0 Å². The molecule has 0 aliphatic carbocycles. The van der Waals surface area contributed by atoms with Gasteiger partial charge in [0, 0.05) is 22.7 Å². The van der Waals surface area contributed by atoms with Crippen LogP contribution in [0.2, 0.25) is 5.02 Å². The SMILES string of the molecule is C=CCCC1COC(CCc2ccc3c(F)c(CCc4ccc(Cl)cc4)ccc3c2)OC1. The average molecular weight is 453 g/mol. The maximum atomic E-state index is 15.1. The normalized spacial score (nSPS) is 18.7. The Labute approximate surface area is 195 Å². The van der Waals surface area contributed by atoms with Gasteiger partial charge in [-0.25, -0.2) is 4.39 Å². The van der Waals surface area contributed by atoms with Gasteiger partial charge in [0.1, 0.15) is 5.82 Å². The van der Waals surface area contributed by atoms with E-state index in [2.05, 4.69) is 12.6 Å². The lowest BCUT2D eigenvalue weighted by Gasteiger charge is -2.29. The van der Waals surface area contributed by atoms with Gasteiger partial charge >= 0.3 is 0 Å². The van der Waals surface area contributed by atoms with E-state index in [1.807, 2.05) is 54.6 Å². The van der Waals surface area contributed by atoms with Crippen molar-refractivity contribution in [2.45, 2.75) is 44.8 Å². The highest BCUT2D eigenvalue weighted by Gasteiger charge is 2.21. The van der Waals surface area contributed by atoms with E-state index in [-0.39, 0.29) is 12.1 Å². The van der Waals surface area contributed by atoms with E-state index >= 15 is 4.39 Å². The van der Waals surface area contributed by atoms with Gasteiger partial charge < -0.3 is 9.47 Å². The molecule has 3 aromatic carbocycles. The van der Waals surface area contributed by atoms with Crippen molar-refractivity contribution in [1.82, 2.24) is 0 Å². The Hall–Kier alpha value is -2.20. The minimum atomic E-state index is -0.155. The van der Waals surface area contributed by atoms with Crippen LogP contribution in [-0.4, -0.2) is 19.5 Å². The molecular weight excluding hydrogens is 423 g/mol. The molecule has 0 bridgehead atoms. The zero-order valence-corrected chi connectivity index (χ0v) is 19.1. The molecule has 0 saturated carbocycles. The predicted molar refractivity (Wildman–Crippen MR) is 130 cm³/mol. The summed E-state index contributed by atoms with van der Waals surface area (Å²) < 4.78 is 26.9. The zero-order chi connectivity index (χ0) is 22.3. The summed E-state index contributed by atoms with van der Waals surface area (Å²) in [6.07, 6.45) is 6.95. The van der Waals surface area contributed by atoms with Gasteiger partial charge in [-0.2, -0.15) is 0 Å². The molecule has 1 aliphatic heterocycles. The molecule has 32 heavy (non-hydrogen) atoms. The van der Waals surface area contributed by atoms with Crippen LogP contribution in [0.4, 0.5) is 4.39 Å². The highest BCUT2D eigenvalue weighted by molar-refractivity contribution is 6.30. The number of benzene rings is 3. The largest absolute Gasteiger partial charge is 0.352 e. The first-order valence-electron chi connectivity index (χ1n) is 11.4. The first kappa shape index (κ1) is 23.0. The fourth-order valence-electron chi connectivity index (χ4n) is 4.22. The average Bonchev–Trinajstić information content (AvgIpc) is 2.82.